The Balaban J connectivity index is 2.27. The number of aromatic nitrogens is 2. The second-order valence-corrected chi connectivity index (χ2v) is 4.52. The normalized spacial score (nSPS) is 10.7. The molecule has 0 spiro atoms. The molecular formula is C14H9ClFN3O. The average Bonchev–Trinajstić information content (AvgIpc) is 2.81. The lowest BCUT2D eigenvalue weighted by molar-refractivity contribution is 0.439. The number of nitrogen functional groups attached to an aromatic ring is 1. The molecule has 0 amide bonds. The number of rotatable bonds is 2. The molecule has 20 heavy (non-hydrogen) atoms. The standard InChI is InChI=1S/C14H9ClFN3O/c15-9-4-1-5-10(16)12(9)13-11(14(17)20-19-13)8-3-2-6-18-7-8/h1-7H,17H2. The quantitative estimate of drug-likeness (QED) is 0.780. The van der Waals surface area contributed by atoms with Gasteiger partial charge in [-0.3, -0.25) is 4.98 Å². The van der Waals surface area contributed by atoms with Crippen LogP contribution in [0.2, 0.25) is 5.02 Å². The molecule has 0 aliphatic carbocycles. The third-order valence-corrected chi connectivity index (χ3v) is 3.18. The fourth-order valence-electron chi connectivity index (χ4n) is 1.99. The lowest BCUT2D eigenvalue weighted by atomic mass is 10.0. The molecule has 0 radical (unpaired) electrons. The largest absolute Gasteiger partial charge is 0.367 e. The molecule has 3 aromatic rings. The molecule has 1 aromatic carbocycles. The molecule has 4 nitrogen and oxygen atoms in total. The number of pyridine rings is 1. The Morgan fingerprint density at radius 2 is 2.00 bits per heavy atom. The van der Waals surface area contributed by atoms with Crippen molar-refractivity contribution >= 4 is 17.5 Å². The maximum Gasteiger partial charge on any atom is 0.230 e. The third kappa shape index (κ3) is 2.02. The minimum absolute atomic E-state index is 0.0901. The lowest BCUT2D eigenvalue weighted by Crippen LogP contribution is -1.91. The zero-order valence-corrected chi connectivity index (χ0v) is 10.9. The number of halogens is 2. The van der Waals surface area contributed by atoms with Crippen LogP contribution in [0.3, 0.4) is 0 Å². The second kappa shape index (κ2) is 4.94. The molecule has 2 heterocycles. The highest BCUT2D eigenvalue weighted by Gasteiger charge is 2.22. The summed E-state index contributed by atoms with van der Waals surface area (Å²) in [6.45, 7) is 0. The molecule has 2 N–H and O–H groups in total. The lowest BCUT2D eigenvalue weighted by Gasteiger charge is -2.05. The summed E-state index contributed by atoms with van der Waals surface area (Å²) in [5.74, 6) is -0.400. The predicted octanol–water partition coefficient (Wildman–Crippen LogP) is 3.78. The van der Waals surface area contributed by atoms with Crippen LogP contribution in [0.4, 0.5) is 10.3 Å². The minimum Gasteiger partial charge on any atom is -0.367 e. The van der Waals surface area contributed by atoms with Gasteiger partial charge in [-0.15, -0.1) is 0 Å². The van der Waals surface area contributed by atoms with E-state index in [0.717, 1.165) is 0 Å². The summed E-state index contributed by atoms with van der Waals surface area (Å²) in [6.07, 6.45) is 3.23. The van der Waals surface area contributed by atoms with E-state index in [2.05, 4.69) is 10.1 Å². The van der Waals surface area contributed by atoms with Crippen LogP contribution in [-0.4, -0.2) is 10.1 Å². The van der Waals surface area contributed by atoms with Gasteiger partial charge < -0.3 is 10.3 Å². The molecule has 100 valence electrons. The smallest absolute Gasteiger partial charge is 0.230 e. The first kappa shape index (κ1) is 12.6. The fraction of sp³-hybridized carbons (Fsp3) is 0. The maximum atomic E-state index is 14.0. The van der Waals surface area contributed by atoms with Gasteiger partial charge in [0.1, 0.15) is 11.5 Å². The van der Waals surface area contributed by atoms with Crippen molar-refractivity contribution in [2.45, 2.75) is 0 Å². The topological polar surface area (TPSA) is 64.9 Å². The van der Waals surface area contributed by atoms with Crippen molar-refractivity contribution in [3.05, 3.63) is 53.6 Å². The fourth-order valence-corrected chi connectivity index (χ4v) is 2.24. The summed E-state index contributed by atoms with van der Waals surface area (Å²) in [5, 5.41) is 4.07. The zero-order chi connectivity index (χ0) is 14.1. The van der Waals surface area contributed by atoms with E-state index in [-0.39, 0.29) is 22.2 Å². The van der Waals surface area contributed by atoms with Gasteiger partial charge in [0.05, 0.1) is 16.1 Å². The number of nitrogens with two attached hydrogens (primary N) is 1. The Bertz CT molecular complexity index is 738. The van der Waals surface area contributed by atoms with Gasteiger partial charge in [-0.2, -0.15) is 0 Å². The van der Waals surface area contributed by atoms with E-state index >= 15 is 0 Å². The van der Waals surface area contributed by atoms with Crippen LogP contribution in [0.25, 0.3) is 22.4 Å². The van der Waals surface area contributed by atoms with Gasteiger partial charge in [0.15, 0.2) is 0 Å². The SMILES string of the molecule is Nc1onc(-c2c(F)cccc2Cl)c1-c1cccnc1. The Labute approximate surface area is 119 Å². The van der Waals surface area contributed by atoms with E-state index < -0.39 is 5.82 Å². The van der Waals surface area contributed by atoms with E-state index in [0.29, 0.717) is 11.1 Å². The zero-order valence-electron chi connectivity index (χ0n) is 10.2. The van der Waals surface area contributed by atoms with Crippen LogP contribution in [0, 0.1) is 5.82 Å². The van der Waals surface area contributed by atoms with Crippen molar-refractivity contribution in [2.75, 3.05) is 5.73 Å². The predicted molar refractivity (Wildman–Crippen MR) is 74.6 cm³/mol. The summed E-state index contributed by atoms with van der Waals surface area (Å²) >= 11 is 6.05. The van der Waals surface area contributed by atoms with Crippen molar-refractivity contribution in [3.8, 4) is 22.4 Å². The molecule has 0 atom stereocenters. The van der Waals surface area contributed by atoms with Crippen molar-refractivity contribution < 1.29 is 8.91 Å². The highest BCUT2D eigenvalue weighted by atomic mass is 35.5. The molecule has 2 aromatic heterocycles. The number of anilines is 1. The van der Waals surface area contributed by atoms with Crippen LogP contribution in [0.1, 0.15) is 0 Å². The second-order valence-electron chi connectivity index (χ2n) is 4.11. The number of nitrogens with zero attached hydrogens (tertiary/aromatic N) is 2. The molecule has 0 aliphatic rings. The van der Waals surface area contributed by atoms with Crippen LogP contribution in [-0.2, 0) is 0 Å². The highest BCUT2D eigenvalue weighted by molar-refractivity contribution is 6.33. The highest BCUT2D eigenvalue weighted by Crippen LogP contribution is 2.39. The molecule has 6 heteroatoms. The molecule has 0 bridgehead atoms. The van der Waals surface area contributed by atoms with E-state index in [1.165, 1.54) is 12.1 Å². The number of hydrogen-bond acceptors (Lipinski definition) is 4. The first-order valence-electron chi connectivity index (χ1n) is 5.78. The number of hydrogen-bond donors (Lipinski definition) is 1. The molecule has 0 saturated carbocycles. The van der Waals surface area contributed by atoms with E-state index in [4.69, 9.17) is 21.9 Å². The van der Waals surface area contributed by atoms with Crippen LogP contribution in [0.5, 0.6) is 0 Å². The molecule has 0 unspecified atom stereocenters. The maximum absolute atomic E-state index is 14.0. The number of benzene rings is 1. The van der Waals surface area contributed by atoms with Gasteiger partial charge in [0.25, 0.3) is 0 Å². The van der Waals surface area contributed by atoms with Gasteiger partial charge in [0, 0.05) is 18.0 Å². The van der Waals surface area contributed by atoms with Gasteiger partial charge in [-0.25, -0.2) is 4.39 Å². The summed E-state index contributed by atoms with van der Waals surface area (Å²) in [6, 6.07) is 7.94. The third-order valence-electron chi connectivity index (χ3n) is 2.87. The van der Waals surface area contributed by atoms with Gasteiger partial charge in [-0.05, 0) is 18.2 Å². The minimum atomic E-state index is -0.490. The first-order chi connectivity index (χ1) is 9.68. The Hall–Kier alpha value is -2.40. The molecule has 0 aliphatic heterocycles. The van der Waals surface area contributed by atoms with E-state index in [1.807, 2.05) is 0 Å². The van der Waals surface area contributed by atoms with Gasteiger partial charge >= 0.3 is 0 Å². The Kier molecular flexibility index (Phi) is 3.12. The van der Waals surface area contributed by atoms with Crippen LogP contribution < -0.4 is 5.73 Å². The average molecular weight is 290 g/mol. The Morgan fingerprint density at radius 3 is 2.70 bits per heavy atom. The van der Waals surface area contributed by atoms with Crippen molar-refractivity contribution in [1.82, 2.24) is 10.1 Å². The van der Waals surface area contributed by atoms with Gasteiger partial charge in [0.2, 0.25) is 5.88 Å². The van der Waals surface area contributed by atoms with Crippen LogP contribution in [0.15, 0.2) is 47.2 Å². The molecule has 3 rings (SSSR count). The van der Waals surface area contributed by atoms with Gasteiger partial charge in [-0.1, -0.05) is 28.9 Å². The molecular weight excluding hydrogens is 281 g/mol. The first-order valence-corrected chi connectivity index (χ1v) is 6.16. The molecule has 0 saturated heterocycles. The van der Waals surface area contributed by atoms with Crippen molar-refractivity contribution in [2.24, 2.45) is 0 Å². The summed E-state index contributed by atoms with van der Waals surface area (Å²) in [7, 11) is 0. The summed E-state index contributed by atoms with van der Waals surface area (Å²) < 4.78 is 19.0. The van der Waals surface area contributed by atoms with E-state index in [1.54, 1.807) is 30.6 Å². The summed E-state index contributed by atoms with van der Waals surface area (Å²) in [5.41, 5.74) is 7.37. The molecule has 0 fully saturated rings. The monoisotopic (exact) mass is 289 g/mol. The van der Waals surface area contributed by atoms with E-state index in [9.17, 15) is 4.39 Å². The Morgan fingerprint density at radius 1 is 1.15 bits per heavy atom. The van der Waals surface area contributed by atoms with Crippen molar-refractivity contribution in [1.29, 1.82) is 0 Å². The summed E-state index contributed by atoms with van der Waals surface area (Å²) in [4.78, 5) is 4.01. The van der Waals surface area contributed by atoms with Crippen molar-refractivity contribution in [3.63, 3.8) is 0 Å². The van der Waals surface area contributed by atoms with Crippen LogP contribution >= 0.6 is 11.6 Å².